The summed E-state index contributed by atoms with van der Waals surface area (Å²) in [4.78, 5) is 23.8. The van der Waals surface area contributed by atoms with E-state index in [-0.39, 0.29) is 18.2 Å². The maximum absolute atomic E-state index is 11.5. The van der Waals surface area contributed by atoms with Crippen molar-refractivity contribution < 1.29 is 19.8 Å². The van der Waals surface area contributed by atoms with Gasteiger partial charge in [0.05, 0.1) is 6.10 Å². The maximum Gasteiger partial charge on any atom is 0.303 e. The molecule has 0 bridgehead atoms. The van der Waals surface area contributed by atoms with Gasteiger partial charge < -0.3 is 21.3 Å². The summed E-state index contributed by atoms with van der Waals surface area (Å²) in [6.07, 6.45) is 0.881. The zero-order chi connectivity index (χ0) is 16.1. The van der Waals surface area contributed by atoms with Crippen molar-refractivity contribution in [3.8, 4) is 0 Å². The quantitative estimate of drug-likeness (QED) is 0.271. The van der Waals surface area contributed by atoms with Crippen LogP contribution in [-0.2, 0) is 9.59 Å². The molecule has 21 heavy (non-hydrogen) atoms. The molecule has 124 valence electrons. The third kappa shape index (κ3) is 12.6. The number of halogens is 1. The number of rotatable bonds is 13. The van der Waals surface area contributed by atoms with E-state index in [0.29, 0.717) is 52.0 Å². The number of carbonyl (C=O) groups is 2. The molecule has 0 aromatic carbocycles. The number of aliphatic carboxylic acids is 1. The zero-order valence-electron chi connectivity index (χ0n) is 12.3. The highest BCUT2D eigenvalue weighted by Gasteiger charge is 2.10. The van der Waals surface area contributed by atoms with E-state index in [1.807, 2.05) is 4.90 Å². The SMILES string of the molecule is NCCN(CCNC(=O)CCCCC(=O)O)CC(O)CCl. The van der Waals surface area contributed by atoms with Gasteiger partial charge in [0.25, 0.3) is 0 Å². The number of amides is 1. The molecule has 1 amide bonds. The van der Waals surface area contributed by atoms with Crippen LogP contribution in [0.3, 0.4) is 0 Å². The Bertz CT molecular complexity index is 305. The Morgan fingerprint density at radius 1 is 1.24 bits per heavy atom. The van der Waals surface area contributed by atoms with Crippen LogP contribution in [0.2, 0.25) is 0 Å². The smallest absolute Gasteiger partial charge is 0.303 e. The second kappa shape index (κ2) is 12.8. The van der Waals surface area contributed by atoms with Crippen molar-refractivity contribution >= 4 is 23.5 Å². The Morgan fingerprint density at radius 2 is 1.90 bits per heavy atom. The number of carboxylic acid groups (broad SMARTS) is 1. The maximum atomic E-state index is 11.5. The van der Waals surface area contributed by atoms with Crippen LogP contribution in [0.4, 0.5) is 0 Å². The van der Waals surface area contributed by atoms with Gasteiger partial charge in [-0.05, 0) is 12.8 Å². The molecule has 1 unspecified atom stereocenters. The van der Waals surface area contributed by atoms with E-state index >= 15 is 0 Å². The lowest BCUT2D eigenvalue weighted by Gasteiger charge is -2.23. The average molecular weight is 324 g/mol. The van der Waals surface area contributed by atoms with Crippen LogP contribution >= 0.6 is 11.6 Å². The van der Waals surface area contributed by atoms with Gasteiger partial charge in [0.15, 0.2) is 0 Å². The van der Waals surface area contributed by atoms with Crippen molar-refractivity contribution in [3.63, 3.8) is 0 Å². The number of unbranched alkanes of at least 4 members (excludes halogenated alkanes) is 1. The summed E-state index contributed by atoms with van der Waals surface area (Å²) in [5, 5.41) is 20.7. The summed E-state index contributed by atoms with van der Waals surface area (Å²) in [5.74, 6) is -0.770. The van der Waals surface area contributed by atoms with Crippen molar-refractivity contribution in [1.29, 1.82) is 0 Å². The number of hydrogen-bond donors (Lipinski definition) is 4. The van der Waals surface area contributed by atoms with Crippen LogP contribution in [0.15, 0.2) is 0 Å². The van der Waals surface area contributed by atoms with Crippen LogP contribution in [0.25, 0.3) is 0 Å². The fraction of sp³-hybridized carbons (Fsp3) is 0.846. The van der Waals surface area contributed by atoms with Crippen LogP contribution in [0.1, 0.15) is 25.7 Å². The minimum atomic E-state index is -0.842. The van der Waals surface area contributed by atoms with Crippen LogP contribution in [0, 0.1) is 0 Å². The highest BCUT2D eigenvalue weighted by Crippen LogP contribution is 1.99. The highest BCUT2D eigenvalue weighted by molar-refractivity contribution is 6.18. The molecular weight excluding hydrogens is 298 g/mol. The lowest BCUT2D eigenvalue weighted by Crippen LogP contribution is -2.41. The van der Waals surface area contributed by atoms with E-state index in [4.69, 9.17) is 22.4 Å². The monoisotopic (exact) mass is 323 g/mol. The van der Waals surface area contributed by atoms with Crippen LogP contribution < -0.4 is 11.1 Å². The fourth-order valence-electron chi connectivity index (χ4n) is 1.83. The number of hydrogen-bond acceptors (Lipinski definition) is 5. The first kappa shape index (κ1) is 20.1. The first-order chi connectivity index (χ1) is 9.99. The molecule has 0 aromatic heterocycles. The van der Waals surface area contributed by atoms with Crippen LogP contribution in [-0.4, -0.2) is 71.7 Å². The van der Waals surface area contributed by atoms with Crippen molar-refractivity contribution in [1.82, 2.24) is 10.2 Å². The minimum Gasteiger partial charge on any atom is -0.481 e. The number of carboxylic acids is 1. The predicted octanol–water partition coefficient (Wildman–Crippen LogP) is -0.392. The number of nitrogens with two attached hydrogens (primary N) is 1. The third-order valence-corrected chi connectivity index (χ3v) is 3.24. The molecule has 0 saturated heterocycles. The van der Waals surface area contributed by atoms with E-state index in [2.05, 4.69) is 5.32 Å². The van der Waals surface area contributed by atoms with Gasteiger partial charge in [-0.2, -0.15) is 0 Å². The topological polar surface area (TPSA) is 116 Å². The second-order valence-corrected chi connectivity index (χ2v) is 5.16. The second-order valence-electron chi connectivity index (χ2n) is 4.85. The summed E-state index contributed by atoms with van der Waals surface area (Å²) >= 11 is 5.55. The number of aliphatic hydroxyl groups excluding tert-OH is 1. The van der Waals surface area contributed by atoms with E-state index in [9.17, 15) is 14.7 Å². The van der Waals surface area contributed by atoms with Crippen molar-refractivity contribution in [2.75, 3.05) is 38.6 Å². The number of nitrogens with zero attached hydrogens (tertiary/aromatic N) is 1. The first-order valence-corrected chi connectivity index (χ1v) is 7.68. The molecule has 8 heteroatoms. The first-order valence-electron chi connectivity index (χ1n) is 7.14. The lowest BCUT2D eigenvalue weighted by atomic mass is 10.2. The molecule has 0 rings (SSSR count). The van der Waals surface area contributed by atoms with Gasteiger partial charge in [-0.15, -0.1) is 11.6 Å². The molecule has 0 aliphatic heterocycles. The highest BCUT2D eigenvalue weighted by atomic mass is 35.5. The van der Waals surface area contributed by atoms with E-state index in [1.165, 1.54) is 0 Å². The summed E-state index contributed by atoms with van der Waals surface area (Å²) in [6, 6.07) is 0. The Hall–Kier alpha value is -0.890. The van der Waals surface area contributed by atoms with E-state index in [1.54, 1.807) is 0 Å². The van der Waals surface area contributed by atoms with Gasteiger partial charge in [0, 0.05) is 51.4 Å². The summed E-state index contributed by atoms with van der Waals surface area (Å²) in [7, 11) is 0. The van der Waals surface area contributed by atoms with Gasteiger partial charge in [-0.1, -0.05) is 0 Å². The summed E-state index contributed by atoms with van der Waals surface area (Å²) < 4.78 is 0. The molecule has 1 atom stereocenters. The van der Waals surface area contributed by atoms with Crippen molar-refractivity contribution in [2.24, 2.45) is 5.73 Å². The van der Waals surface area contributed by atoms with Crippen molar-refractivity contribution in [3.05, 3.63) is 0 Å². The standard InChI is InChI=1S/C13H26ClN3O4/c14-9-11(18)10-17(7-5-15)8-6-16-12(19)3-1-2-4-13(20)21/h11,18H,1-10,15H2,(H,16,19)(H,20,21). The van der Waals surface area contributed by atoms with E-state index < -0.39 is 12.1 Å². The van der Waals surface area contributed by atoms with Crippen molar-refractivity contribution in [2.45, 2.75) is 31.8 Å². The molecule has 0 aliphatic rings. The molecule has 5 N–H and O–H groups in total. The average Bonchev–Trinajstić information content (AvgIpc) is 2.43. The number of alkyl halides is 1. The van der Waals surface area contributed by atoms with Crippen LogP contribution in [0.5, 0.6) is 0 Å². The largest absolute Gasteiger partial charge is 0.481 e. The van der Waals surface area contributed by atoms with Gasteiger partial charge in [0.2, 0.25) is 5.91 Å². The minimum absolute atomic E-state index is 0.0911. The van der Waals surface area contributed by atoms with Gasteiger partial charge >= 0.3 is 5.97 Å². The number of nitrogens with one attached hydrogen (secondary N) is 1. The molecule has 0 radical (unpaired) electrons. The molecule has 7 nitrogen and oxygen atoms in total. The van der Waals surface area contributed by atoms with Gasteiger partial charge in [-0.3, -0.25) is 14.5 Å². The summed E-state index contributed by atoms with van der Waals surface area (Å²) in [6.45, 7) is 2.58. The zero-order valence-corrected chi connectivity index (χ0v) is 13.0. The molecule has 0 saturated carbocycles. The normalized spacial score (nSPS) is 12.4. The Balaban J connectivity index is 3.76. The van der Waals surface area contributed by atoms with Gasteiger partial charge in [-0.25, -0.2) is 0 Å². The molecule has 0 aliphatic carbocycles. The lowest BCUT2D eigenvalue weighted by molar-refractivity contribution is -0.137. The fourth-order valence-corrected chi connectivity index (χ4v) is 1.92. The summed E-state index contributed by atoms with van der Waals surface area (Å²) in [5.41, 5.74) is 5.49. The van der Waals surface area contributed by atoms with Gasteiger partial charge in [0.1, 0.15) is 0 Å². The van der Waals surface area contributed by atoms with E-state index in [0.717, 1.165) is 0 Å². The Kier molecular flexibility index (Phi) is 12.3. The molecule has 0 aromatic rings. The Morgan fingerprint density at radius 3 is 2.48 bits per heavy atom. The predicted molar refractivity (Wildman–Crippen MR) is 81.3 cm³/mol. The number of carbonyl (C=O) groups excluding carboxylic acids is 1. The Labute approximate surface area is 130 Å². The number of aliphatic hydroxyl groups is 1. The molecule has 0 spiro atoms. The molecular formula is C13H26ClN3O4. The third-order valence-electron chi connectivity index (χ3n) is 2.89. The molecule has 0 fully saturated rings. The molecule has 0 heterocycles.